The van der Waals surface area contributed by atoms with Gasteiger partial charge in [0.15, 0.2) is 0 Å². The van der Waals surface area contributed by atoms with E-state index < -0.39 is 0 Å². The van der Waals surface area contributed by atoms with Crippen LogP contribution < -0.4 is 0 Å². The van der Waals surface area contributed by atoms with E-state index in [0.29, 0.717) is 5.57 Å². The summed E-state index contributed by atoms with van der Waals surface area (Å²) in [4.78, 5) is 9.92. The van der Waals surface area contributed by atoms with Crippen LogP contribution in [0.25, 0.3) is 0 Å². The van der Waals surface area contributed by atoms with Crippen LogP contribution in [0.3, 0.4) is 0 Å². The van der Waals surface area contributed by atoms with Gasteiger partial charge in [0.1, 0.15) is 6.29 Å². The Balaban J connectivity index is 3.56. The minimum absolute atomic E-state index is 0.497. The fraction of sp³-hybridized carbons (Fsp3) is 0.125. The number of carbonyl (C=O) groups is 1. The first-order valence-electron chi connectivity index (χ1n) is 2.72. The molecule has 0 amide bonds. The maximum Gasteiger partial charge on any atom is 0.149 e. The van der Waals surface area contributed by atoms with Crippen molar-refractivity contribution in [1.82, 2.24) is 0 Å². The van der Waals surface area contributed by atoms with E-state index in [1.165, 1.54) is 0 Å². The van der Waals surface area contributed by atoms with Crippen LogP contribution >= 0.6 is 0 Å². The Hall–Kier alpha value is -1.11. The standard InChI is InChI=1S/C8H10O/c1-3-4-5-6-8(2)7-9/h3,5-7H,1-2,4H2/b6-5-. The summed E-state index contributed by atoms with van der Waals surface area (Å²) in [5.74, 6) is 0. The lowest BCUT2D eigenvalue weighted by atomic mass is 10.3. The molecular weight excluding hydrogens is 112 g/mol. The van der Waals surface area contributed by atoms with E-state index in [9.17, 15) is 4.79 Å². The summed E-state index contributed by atoms with van der Waals surface area (Å²) >= 11 is 0. The Labute approximate surface area is 55.4 Å². The molecule has 0 N–H and O–H groups in total. The molecule has 0 saturated heterocycles. The van der Waals surface area contributed by atoms with Gasteiger partial charge in [-0.3, -0.25) is 4.79 Å². The monoisotopic (exact) mass is 122 g/mol. The van der Waals surface area contributed by atoms with Crippen molar-refractivity contribution in [3.05, 3.63) is 37.0 Å². The van der Waals surface area contributed by atoms with Gasteiger partial charge in [-0.1, -0.05) is 24.8 Å². The molecule has 9 heavy (non-hydrogen) atoms. The van der Waals surface area contributed by atoms with Gasteiger partial charge in [0.25, 0.3) is 0 Å². The number of hydrogen-bond donors (Lipinski definition) is 0. The maximum atomic E-state index is 9.92. The molecule has 1 heteroatoms. The average Bonchev–Trinajstić information content (AvgIpc) is 1.89. The molecule has 0 aliphatic rings. The summed E-state index contributed by atoms with van der Waals surface area (Å²) in [6.45, 7) is 6.97. The predicted molar refractivity (Wildman–Crippen MR) is 39.2 cm³/mol. The molecule has 0 heterocycles. The number of carbonyl (C=O) groups excluding carboxylic acids is 1. The second-order valence-electron chi connectivity index (χ2n) is 1.62. The SMILES string of the molecule is C=CC/C=C\C(=C)C=O. The van der Waals surface area contributed by atoms with E-state index in [1.807, 2.05) is 6.08 Å². The van der Waals surface area contributed by atoms with Crippen molar-refractivity contribution in [3.8, 4) is 0 Å². The summed E-state index contributed by atoms with van der Waals surface area (Å²) in [5.41, 5.74) is 0.497. The van der Waals surface area contributed by atoms with Gasteiger partial charge in [0.05, 0.1) is 0 Å². The highest BCUT2D eigenvalue weighted by atomic mass is 16.1. The maximum absolute atomic E-state index is 9.92. The normalized spacial score (nSPS) is 9.33. The van der Waals surface area contributed by atoms with Gasteiger partial charge in [-0.25, -0.2) is 0 Å². The Morgan fingerprint density at radius 2 is 2.22 bits per heavy atom. The predicted octanol–water partition coefficient (Wildman–Crippen LogP) is 1.87. The number of aldehydes is 1. The highest BCUT2D eigenvalue weighted by Gasteiger charge is 1.77. The van der Waals surface area contributed by atoms with Gasteiger partial charge in [-0.05, 0) is 6.42 Å². The molecule has 0 aliphatic carbocycles. The van der Waals surface area contributed by atoms with Gasteiger partial charge in [0, 0.05) is 5.57 Å². The number of hydrogen-bond acceptors (Lipinski definition) is 1. The third-order valence-electron chi connectivity index (χ3n) is 0.786. The van der Waals surface area contributed by atoms with Crippen LogP contribution in [0.1, 0.15) is 6.42 Å². The van der Waals surface area contributed by atoms with Crippen molar-refractivity contribution >= 4 is 6.29 Å². The van der Waals surface area contributed by atoms with Crippen molar-refractivity contribution in [2.45, 2.75) is 6.42 Å². The molecule has 0 spiro atoms. The van der Waals surface area contributed by atoms with Crippen molar-refractivity contribution < 1.29 is 4.79 Å². The van der Waals surface area contributed by atoms with Crippen molar-refractivity contribution in [2.24, 2.45) is 0 Å². The molecule has 0 atom stereocenters. The third-order valence-corrected chi connectivity index (χ3v) is 0.786. The smallest absolute Gasteiger partial charge is 0.149 e. The van der Waals surface area contributed by atoms with Crippen LogP contribution in [0.4, 0.5) is 0 Å². The van der Waals surface area contributed by atoms with E-state index in [1.54, 1.807) is 12.2 Å². The Morgan fingerprint density at radius 3 is 2.67 bits per heavy atom. The summed E-state index contributed by atoms with van der Waals surface area (Å²) in [6.07, 6.45) is 6.78. The van der Waals surface area contributed by atoms with E-state index in [2.05, 4.69) is 13.2 Å². The van der Waals surface area contributed by atoms with E-state index in [0.717, 1.165) is 12.7 Å². The Morgan fingerprint density at radius 1 is 1.56 bits per heavy atom. The molecule has 0 radical (unpaired) electrons. The first-order chi connectivity index (χ1) is 4.31. The summed E-state index contributed by atoms with van der Waals surface area (Å²) < 4.78 is 0. The topological polar surface area (TPSA) is 17.1 Å². The summed E-state index contributed by atoms with van der Waals surface area (Å²) in [7, 11) is 0. The largest absolute Gasteiger partial charge is 0.298 e. The van der Waals surface area contributed by atoms with Crippen LogP contribution in [-0.2, 0) is 4.79 Å². The molecule has 0 fully saturated rings. The molecule has 0 saturated carbocycles. The van der Waals surface area contributed by atoms with Crippen LogP contribution in [0.5, 0.6) is 0 Å². The lowest BCUT2D eigenvalue weighted by Crippen LogP contribution is -1.72. The fourth-order valence-corrected chi connectivity index (χ4v) is 0.355. The highest BCUT2D eigenvalue weighted by molar-refractivity contribution is 5.76. The number of rotatable bonds is 4. The summed E-state index contributed by atoms with van der Waals surface area (Å²) in [6, 6.07) is 0. The second kappa shape index (κ2) is 5.04. The molecular formula is C8H10O. The minimum atomic E-state index is 0.497. The summed E-state index contributed by atoms with van der Waals surface area (Å²) in [5, 5.41) is 0. The van der Waals surface area contributed by atoms with Crippen LogP contribution in [-0.4, -0.2) is 6.29 Å². The molecule has 48 valence electrons. The van der Waals surface area contributed by atoms with Crippen LogP contribution in [0, 0.1) is 0 Å². The highest BCUT2D eigenvalue weighted by Crippen LogP contribution is 1.89. The zero-order chi connectivity index (χ0) is 7.11. The van der Waals surface area contributed by atoms with Crippen molar-refractivity contribution in [1.29, 1.82) is 0 Å². The molecule has 0 rings (SSSR count). The first kappa shape index (κ1) is 7.89. The fourth-order valence-electron chi connectivity index (χ4n) is 0.355. The first-order valence-corrected chi connectivity index (χ1v) is 2.72. The lowest BCUT2D eigenvalue weighted by Gasteiger charge is -1.80. The van der Waals surface area contributed by atoms with Crippen LogP contribution in [0.15, 0.2) is 37.0 Å². The molecule has 0 unspecified atom stereocenters. The van der Waals surface area contributed by atoms with Gasteiger partial charge in [0.2, 0.25) is 0 Å². The van der Waals surface area contributed by atoms with E-state index in [4.69, 9.17) is 0 Å². The molecule has 0 bridgehead atoms. The van der Waals surface area contributed by atoms with Gasteiger partial charge >= 0.3 is 0 Å². The van der Waals surface area contributed by atoms with Crippen molar-refractivity contribution in [3.63, 3.8) is 0 Å². The molecule has 1 nitrogen and oxygen atoms in total. The second-order valence-corrected chi connectivity index (χ2v) is 1.62. The average molecular weight is 122 g/mol. The van der Waals surface area contributed by atoms with Gasteiger partial charge in [-0.15, -0.1) is 6.58 Å². The zero-order valence-electron chi connectivity index (χ0n) is 5.34. The molecule has 0 aromatic heterocycles. The Kier molecular flexibility index (Phi) is 4.41. The van der Waals surface area contributed by atoms with E-state index >= 15 is 0 Å². The molecule has 0 aliphatic heterocycles. The minimum Gasteiger partial charge on any atom is -0.298 e. The van der Waals surface area contributed by atoms with Gasteiger partial charge in [-0.2, -0.15) is 0 Å². The molecule has 0 aromatic carbocycles. The lowest BCUT2D eigenvalue weighted by molar-refractivity contribution is -0.104. The van der Waals surface area contributed by atoms with Crippen molar-refractivity contribution in [2.75, 3.05) is 0 Å². The van der Waals surface area contributed by atoms with Crippen LogP contribution in [0.2, 0.25) is 0 Å². The van der Waals surface area contributed by atoms with E-state index in [-0.39, 0.29) is 0 Å². The molecule has 0 aromatic rings. The van der Waals surface area contributed by atoms with Gasteiger partial charge < -0.3 is 0 Å². The zero-order valence-corrected chi connectivity index (χ0v) is 5.34. The number of allylic oxidation sites excluding steroid dienone is 4. The Bertz CT molecular complexity index is 143. The third kappa shape index (κ3) is 4.75. The quantitative estimate of drug-likeness (QED) is 0.241.